The van der Waals surface area contributed by atoms with Crippen LogP contribution in [-0.2, 0) is 10.3 Å². The number of esters is 1. The molecular weight excluding hydrogens is 270 g/mol. The third-order valence-corrected chi connectivity index (χ3v) is 3.88. The van der Waals surface area contributed by atoms with Crippen molar-refractivity contribution >= 4 is 21.9 Å². The van der Waals surface area contributed by atoms with Crippen LogP contribution in [0.25, 0.3) is 0 Å². The molecule has 0 radical (unpaired) electrons. The highest BCUT2D eigenvalue weighted by Crippen LogP contribution is 2.43. The van der Waals surface area contributed by atoms with Gasteiger partial charge in [-0.05, 0) is 25.2 Å². The Morgan fingerprint density at radius 2 is 2.06 bits per heavy atom. The second kappa shape index (κ2) is 3.57. The van der Waals surface area contributed by atoms with E-state index < -0.39 is 0 Å². The average Bonchev–Trinajstić information content (AvgIpc) is 2.53. The minimum Gasteiger partial charge on any atom is -0.450 e. The van der Waals surface area contributed by atoms with Crippen molar-refractivity contribution in [3.8, 4) is 0 Å². The number of hydrogen-bond donors (Lipinski definition) is 1. The van der Waals surface area contributed by atoms with Crippen LogP contribution >= 0.6 is 15.9 Å². The summed E-state index contributed by atoms with van der Waals surface area (Å²) in [6.07, 6.45) is 1.74. The third-order valence-electron chi connectivity index (χ3n) is 3.39. The summed E-state index contributed by atoms with van der Waals surface area (Å²) in [7, 11) is 0. The topological polar surface area (TPSA) is 38.3 Å². The van der Waals surface area contributed by atoms with Crippen LogP contribution in [-0.4, -0.2) is 19.1 Å². The van der Waals surface area contributed by atoms with Gasteiger partial charge in [-0.1, -0.05) is 22.0 Å². The van der Waals surface area contributed by atoms with E-state index in [-0.39, 0.29) is 11.6 Å². The van der Waals surface area contributed by atoms with Crippen LogP contribution in [0.15, 0.2) is 22.7 Å². The molecule has 1 aromatic carbocycles. The Morgan fingerprint density at radius 3 is 2.81 bits per heavy atom. The molecule has 0 atom stereocenters. The van der Waals surface area contributed by atoms with Gasteiger partial charge >= 0.3 is 5.97 Å². The van der Waals surface area contributed by atoms with E-state index in [9.17, 15) is 4.79 Å². The number of fused-ring (bicyclic) bond motifs is 2. The summed E-state index contributed by atoms with van der Waals surface area (Å²) in [6, 6.07) is 5.84. The van der Waals surface area contributed by atoms with Gasteiger partial charge < -0.3 is 10.1 Å². The highest BCUT2D eigenvalue weighted by Gasteiger charge is 2.45. The summed E-state index contributed by atoms with van der Waals surface area (Å²) in [5, 5.41) is 3.29. The first-order valence-electron chi connectivity index (χ1n) is 5.45. The Morgan fingerprint density at radius 1 is 1.31 bits per heavy atom. The standard InChI is InChI=1S/C12H12BrNO2/c13-8-1-2-10-9(7-8)11(15)16-12(10)3-5-14-6-4-12/h1-2,7,14H,3-6H2. The lowest BCUT2D eigenvalue weighted by atomic mass is 9.84. The summed E-state index contributed by atoms with van der Waals surface area (Å²) < 4.78 is 6.54. The fraction of sp³-hybridized carbons (Fsp3) is 0.417. The summed E-state index contributed by atoms with van der Waals surface area (Å²) in [5.41, 5.74) is 1.41. The Kier molecular flexibility index (Phi) is 2.30. The van der Waals surface area contributed by atoms with Crippen LogP contribution in [0.1, 0.15) is 28.8 Å². The van der Waals surface area contributed by atoms with Crippen molar-refractivity contribution in [3.05, 3.63) is 33.8 Å². The molecule has 16 heavy (non-hydrogen) atoms. The van der Waals surface area contributed by atoms with E-state index in [1.807, 2.05) is 18.2 Å². The number of carbonyl (C=O) groups excluding carboxylic acids is 1. The molecule has 1 fully saturated rings. The van der Waals surface area contributed by atoms with Crippen molar-refractivity contribution in [2.45, 2.75) is 18.4 Å². The zero-order chi connectivity index (χ0) is 11.2. The summed E-state index contributed by atoms with van der Waals surface area (Å²) in [6.45, 7) is 1.81. The van der Waals surface area contributed by atoms with E-state index in [0.29, 0.717) is 0 Å². The zero-order valence-electron chi connectivity index (χ0n) is 8.75. The number of carbonyl (C=O) groups is 1. The molecule has 0 aromatic heterocycles. The minimum atomic E-state index is -0.363. The van der Waals surface area contributed by atoms with Gasteiger partial charge in [-0.3, -0.25) is 0 Å². The maximum atomic E-state index is 11.8. The van der Waals surface area contributed by atoms with E-state index in [4.69, 9.17) is 4.74 Å². The number of rotatable bonds is 0. The van der Waals surface area contributed by atoms with Gasteiger partial charge in [-0.25, -0.2) is 4.79 Å². The molecule has 0 saturated carbocycles. The summed E-state index contributed by atoms with van der Waals surface area (Å²) in [4.78, 5) is 11.8. The third kappa shape index (κ3) is 1.40. The predicted molar refractivity (Wildman–Crippen MR) is 63.3 cm³/mol. The van der Waals surface area contributed by atoms with Gasteiger partial charge in [0, 0.05) is 22.9 Å². The molecule has 0 unspecified atom stereocenters. The Labute approximate surface area is 102 Å². The van der Waals surface area contributed by atoms with Crippen LogP contribution in [0.4, 0.5) is 0 Å². The van der Waals surface area contributed by atoms with E-state index >= 15 is 0 Å². The molecule has 1 saturated heterocycles. The second-order valence-electron chi connectivity index (χ2n) is 4.32. The number of benzene rings is 1. The van der Waals surface area contributed by atoms with Crippen LogP contribution in [0, 0.1) is 0 Å². The highest BCUT2D eigenvalue weighted by atomic mass is 79.9. The molecule has 0 amide bonds. The van der Waals surface area contributed by atoms with E-state index in [0.717, 1.165) is 41.5 Å². The van der Waals surface area contributed by atoms with Gasteiger partial charge in [-0.15, -0.1) is 0 Å². The average molecular weight is 282 g/mol. The fourth-order valence-electron chi connectivity index (χ4n) is 2.57. The normalized spacial score (nSPS) is 21.9. The predicted octanol–water partition coefficient (Wildman–Crippen LogP) is 2.20. The Balaban J connectivity index is 2.11. The molecule has 0 aliphatic carbocycles. The van der Waals surface area contributed by atoms with Crippen molar-refractivity contribution in [2.24, 2.45) is 0 Å². The molecule has 3 nitrogen and oxygen atoms in total. The molecule has 1 N–H and O–H groups in total. The van der Waals surface area contributed by atoms with E-state index in [1.54, 1.807) is 0 Å². The van der Waals surface area contributed by atoms with Crippen molar-refractivity contribution in [2.75, 3.05) is 13.1 Å². The SMILES string of the molecule is O=C1OC2(CCNCC2)c2ccc(Br)cc21. The van der Waals surface area contributed by atoms with Gasteiger partial charge in [0.1, 0.15) is 5.60 Å². The monoisotopic (exact) mass is 281 g/mol. The maximum Gasteiger partial charge on any atom is 0.339 e. The van der Waals surface area contributed by atoms with Crippen LogP contribution in [0.3, 0.4) is 0 Å². The van der Waals surface area contributed by atoms with E-state index in [2.05, 4.69) is 21.2 Å². The first-order chi connectivity index (χ1) is 7.71. The zero-order valence-corrected chi connectivity index (χ0v) is 10.3. The fourth-order valence-corrected chi connectivity index (χ4v) is 2.93. The maximum absolute atomic E-state index is 11.8. The van der Waals surface area contributed by atoms with Crippen molar-refractivity contribution in [1.29, 1.82) is 0 Å². The molecule has 2 heterocycles. The molecular formula is C12H12BrNO2. The molecule has 0 bridgehead atoms. The van der Waals surface area contributed by atoms with Crippen LogP contribution in [0.5, 0.6) is 0 Å². The first-order valence-corrected chi connectivity index (χ1v) is 6.25. The Hall–Kier alpha value is -0.870. The van der Waals surface area contributed by atoms with Gasteiger partial charge in [0.05, 0.1) is 5.56 Å². The van der Waals surface area contributed by atoms with Crippen LogP contribution < -0.4 is 5.32 Å². The number of ether oxygens (including phenoxy) is 1. The van der Waals surface area contributed by atoms with Gasteiger partial charge in [-0.2, -0.15) is 0 Å². The van der Waals surface area contributed by atoms with Gasteiger partial charge in [0.25, 0.3) is 0 Å². The molecule has 1 spiro atoms. The molecule has 3 rings (SSSR count). The lowest BCUT2D eigenvalue weighted by molar-refractivity contribution is -0.0241. The van der Waals surface area contributed by atoms with Crippen molar-refractivity contribution in [3.63, 3.8) is 0 Å². The molecule has 4 heteroatoms. The molecule has 2 aliphatic heterocycles. The number of hydrogen-bond acceptors (Lipinski definition) is 3. The summed E-state index contributed by atoms with van der Waals surface area (Å²) in [5.74, 6) is -0.182. The molecule has 84 valence electrons. The lowest BCUT2D eigenvalue weighted by Crippen LogP contribution is -2.39. The van der Waals surface area contributed by atoms with Crippen molar-refractivity contribution in [1.82, 2.24) is 5.32 Å². The van der Waals surface area contributed by atoms with Gasteiger partial charge in [0.15, 0.2) is 0 Å². The number of piperidine rings is 1. The van der Waals surface area contributed by atoms with Crippen molar-refractivity contribution < 1.29 is 9.53 Å². The summed E-state index contributed by atoms with van der Waals surface area (Å²) >= 11 is 3.38. The number of halogens is 1. The highest BCUT2D eigenvalue weighted by molar-refractivity contribution is 9.10. The smallest absolute Gasteiger partial charge is 0.339 e. The molecule has 1 aromatic rings. The minimum absolute atomic E-state index is 0.182. The molecule has 2 aliphatic rings. The number of nitrogens with one attached hydrogen (secondary N) is 1. The van der Waals surface area contributed by atoms with Gasteiger partial charge in [0.2, 0.25) is 0 Å². The first kappa shape index (κ1) is 10.3. The largest absolute Gasteiger partial charge is 0.450 e. The van der Waals surface area contributed by atoms with E-state index in [1.165, 1.54) is 0 Å². The second-order valence-corrected chi connectivity index (χ2v) is 5.24. The quantitative estimate of drug-likeness (QED) is 0.741. The van der Waals surface area contributed by atoms with Crippen LogP contribution in [0.2, 0.25) is 0 Å². The lowest BCUT2D eigenvalue weighted by Gasteiger charge is -2.33. The Bertz CT molecular complexity index is 452.